The summed E-state index contributed by atoms with van der Waals surface area (Å²) in [5.74, 6) is 0. The van der Waals surface area contributed by atoms with E-state index in [1.54, 1.807) is 0 Å². The zero-order valence-corrected chi connectivity index (χ0v) is 9.40. The van der Waals surface area contributed by atoms with E-state index >= 15 is 0 Å². The van der Waals surface area contributed by atoms with Gasteiger partial charge in [0.2, 0.25) is 0 Å². The van der Waals surface area contributed by atoms with Crippen LogP contribution in [-0.4, -0.2) is 4.83 Å². The second-order valence-corrected chi connectivity index (χ2v) is 4.95. The summed E-state index contributed by atoms with van der Waals surface area (Å²) in [6.45, 7) is 2.16. The van der Waals surface area contributed by atoms with Crippen LogP contribution >= 0.6 is 27.5 Å². The molecule has 0 spiro atoms. The maximum atomic E-state index is 5.77. The Hall–Kier alpha value is -0.0100. The lowest BCUT2D eigenvalue weighted by atomic mass is 10.1. The molecule has 1 aromatic rings. The highest BCUT2D eigenvalue weighted by atomic mass is 79.9. The van der Waals surface area contributed by atoms with Crippen LogP contribution in [0.4, 0.5) is 0 Å². The van der Waals surface area contributed by atoms with Crippen LogP contribution in [0.15, 0.2) is 24.3 Å². The zero-order chi connectivity index (χ0) is 8.97. The Morgan fingerprint density at radius 2 is 1.92 bits per heavy atom. The minimum absolute atomic E-state index is 0.591. The Labute approximate surface area is 87.1 Å². The molecular formula is C10H12BrCl. The molecule has 0 heterocycles. The fourth-order valence-corrected chi connectivity index (χ4v) is 1.37. The highest BCUT2D eigenvalue weighted by Gasteiger charge is 1.97. The van der Waals surface area contributed by atoms with Crippen LogP contribution in [0.1, 0.15) is 18.9 Å². The van der Waals surface area contributed by atoms with Crippen molar-refractivity contribution in [2.24, 2.45) is 0 Å². The van der Waals surface area contributed by atoms with Crippen LogP contribution in [0.2, 0.25) is 5.02 Å². The second-order valence-electron chi connectivity index (χ2n) is 2.95. The highest BCUT2D eigenvalue weighted by molar-refractivity contribution is 9.09. The third-order valence-corrected chi connectivity index (χ3v) is 2.45. The lowest BCUT2D eigenvalue weighted by molar-refractivity contribution is 0.822. The molecule has 0 aliphatic heterocycles. The molecule has 1 atom stereocenters. The lowest BCUT2D eigenvalue weighted by Gasteiger charge is -2.02. The molecule has 0 fully saturated rings. The van der Waals surface area contributed by atoms with E-state index in [1.165, 1.54) is 12.0 Å². The Balaban J connectivity index is 2.48. The number of aryl methyl sites for hydroxylation is 1. The van der Waals surface area contributed by atoms with Gasteiger partial charge >= 0.3 is 0 Å². The second kappa shape index (κ2) is 4.88. The molecule has 0 aromatic heterocycles. The number of hydrogen-bond donors (Lipinski definition) is 0. The predicted octanol–water partition coefficient (Wildman–Crippen LogP) is 4.06. The Kier molecular flexibility index (Phi) is 4.10. The van der Waals surface area contributed by atoms with Gasteiger partial charge in [-0.2, -0.15) is 0 Å². The van der Waals surface area contributed by atoms with Crippen LogP contribution in [0.3, 0.4) is 0 Å². The van der Waals surface area contributed by atoms with Crippen molar-refractivity contribution < 1.29 is 0 Å². The van der Waals surface area contributed by atoms with Gasteiger partial charge in [-0.15, -0.1) is 0 Å². The quantitative estimate of drug-likeness (QED) is 0.707. The van der Waals surface area contributed by atoms with E-state index in [0.717, 1.165) is 11.4 Å². The van der Waals surface area contributed by atoms with Crippen LogP contribution in [0, 0.1) is 0 Å². The first-order valence-electron chi connectivity index (χ1n) is 4.07. The number of hydrogen-bond acceptors (Lipinski definition) is 0. The average Bonchev–Trinajstić information content (AvgIpc) is 2.03. The molecule has 0 aliphatic carbocycles. The fourth-order valence-electron chi connectivity index (χ4n) is 1.02. The van der Waals surface area contributed by atoms with Crippen LogP contribution in [0.5, 0.6) is 0 Å². The van der Waals surface area contributed by atoms with E-state index in [9.17, 15) is 0 Å². The largest absolute Gasteiger partial charge is 0.0894 e. The number of halogens is 2. The zero-order valence-electron chi connectivity index (χ0n) is 7.06. The van der Waals surface area contributed by atoms with Crippen LogP contribution in [0.25, 0.3) is 0 Å². The number of alkyl halides is 1. The lowest BCUT2D eigenvalue weighted by Crippen LogP contribution is -1.93. The monoisotopic (exact) mass is 246 g/mol. The van der Waals surface area contributed by atoms with Crippen molar-refractivity contribution in [1.29, 1.82) is 0 Å². The molecule has 0 nitrogen and oxygen atoms in total. The van der Waals surface area contributed by atoms with E-state index in [2.05, 4.69) is 35.0 Å². The molecule has 1 rings (SSSR count). The molecule has 0 N–H and O–H groups in total. The topological polar surface area (TPSA) is 0 Å². The molecular weight excluding hydrogens is 235 g/mol. The first-order valence-corrected chi connectivity index (χ1v) is 5.36. The van der Waals surface area contributed by atoms with Crippen LogP contribution < -0.4 is 0 Å². The van der Waals surface area contributed by atoms with Gasteiger partial charge in [-0.05, 0) is 30.5 Å². The van der Waals surface area contributed by atoms with Gasteiger partial charge in [-0.25, -0.2) is 0 Å². The summed E-state index contributed by atoms with van der Waals surface area (Å²) in [5, 5.41) is 0.811. The predicted molar refractivity (Wildman–Crippen MR) is 58.2 cm³/mol. The molecule has 0 bridgehead atoms. The summed E-state index contributed by atoms with van der Waals surface area (Å²) in [6.07, 6.45) is 2.28. The van der Waals surface area contributed by atoms with Crippen molar-refractivity contribution in [1.82, 2.24) is 0 Å². The molecule has 0 saturated heterocycles. The van der Waals surface area contributed by atoms with Crippen molar-refractivity contribution in [3.05, 3.63) is 34.9 Å². The summed E-state index contributed by atoms with van der Waals surface area (Å²) >= 11 is 9.29. The van der Waals surface area contributed by atoms with E-state index in [-0.39, 0.29) is 0 Å². The van der Waals surface area contributed by atoms with Gasteiger partial charge in [0.25, 0.3) is 0 Å². The van der Waals surface area contributed by atoms with Crippen molar-refractivity contribution in [3.63, 3.8) is 0 Å². The SMILES string of the molecule is CC(Br)CCc1ccc(Cl)cc1. The van der Waals surface area contributed by atoms with Gasteiger partial charge < -0.3 is 0 Å². The van der Waals surface area contributed by atoms with Crippen molar-refractivity contribution in [2.45, 2.75) is 24.6 Å². The Morgan fingerprint density at radius 3 is 2.42 bits per heavy atom. The van der Waals surface area contributed by atoms with Crippen molar-refractivity contribution in [2.75, 3.05) is 0 Å². The summed E-state index contributed by atoms with van der Waals surface area (Å²) in [7, 11) is 0. The minimum Gasteiger partial charge on any atom is -0.0894 e. The molecule has 66 valence electrons. The molecule has 0 saturated carbocycles. The van der Waals surface area contributed by atoms with E-state index in [0.29, 0.717) is 4.83 Å². The maximum Gasteiger partial charge on any atom is 0.0406 e. The number of rotatable bonds is 3. The van der Waals surface area contributed by atoms with Gasteiger partial charge in [-0.3, -0.25) is 0 Å². The summed E-state index contributed by atoms with van der Waals surface area (Å²) in [6, 6.07) is 8.04. The van der Waals surface area contributed by atoms with Crippen molar-refractivity contribution in [3.8, 4) is 0 Å². The maximum absolute atomic E-state index is 5.77. The molecule has 1 unspecified atom stereocenters. The van der Waals surface area contributed by atoms with Crippen molar-refractivity contribution >= 4 is 27.5 Å². The molecule has 2 heteroatoms. The summed E-state index contributed by atoms with van der Waals surface area (Å²) < 4.78 is 0. The van der Waals surface area contributed by atoms with Crippen LogP contribution in [-0.2, 0) is 6.42 Å². The van der Waals surface area contributed by atoms with E-state index < -0.39 is 0 Å². The molecule has 0 aliphatic rings. The van der Waals surface area contributed by atoms with E-state index in [1.807, 2.05) is 12.1 Å². The van der Waals surface area contributed by atoms with Gasteiger partial charge in [0.05, 0.1) is 0 Å². The summed E-state index contributed by atoms with van der Waals surface area (Å²) in [5.41, 5.74) is 1.35. The van der Waals surface area contributed by atoms with Gasteiger partial charge in [0, 0.05) is 9.85 Å². The summed E-state index contributed by atoms with van der Waals surface area (Å²) in [4.78, 5) is 0.591. The average molecular weight is 248 g/mol. The third-order valence-electron chi connectivity index (χ3n) is 1.74. The van der Waals surface area contributed by atoms with Gasteiger partial charge in [-0.1, -0.05) is 46.6 Å². The molecule has 0 amide bonds. The first kappa shape index (κ1) is 10.1. The Morgan fingerprint density at radius 1 is 1.33 bits per heavy atom. The highest BCUT2D eigenvalue weighted by Crippen LogP contribution is 2.13. The standard InChI is InChI=1S/C10H12BrCl/c1-8(11)2-3-9-4-6-10(12)7-5-9/h4-8H,2-3H2,1H3. The molecule has 0 radical (unpaired) electrons. The molecule has 1 aromatic carbocycles. The van der Waals surface area contributed by atoms with E-state index in [4.69, 9.17) is 11.6 Å². The van der Waals surface area contributed by atoms with Gasteiger partial charge in [0.15, 0.2) is 0 Å². The normalized spacial score (nSPS) is 12.9. The first-order chi connectivity index (χ1) is 5.68. The Bertz CT molecular complexity index is 228. The smallest absolute Gasteiger partial charge is 0.0406 e. The molecule has 12 heavy (non-hydrogen) atoms. The van der Waals surface area contributed by atoms with Gasteiger partial charge in [0.1, 0.15) is 0 Å². The number of benzene rings is 1. The fraction of sp³-hybridized carbons (Fsp3) is 0.400. The third kappa shape index (κ3) is 3.59. The minimum atomic E-state index is 0.591.